The van der Waals surface area contributed by atoms with Gasteiger partial charge in [-0.1, -0.05) is 54.5 Å². The molecule has 132 valence electrons. The Kier molecular flexibility index (Phi) is 6.53. The van der Waals surface area contributed by atoms with Crippen LogP contribution < -0.4 is 4.74 Å². The summed E-state index contributed by atoms with van der Waals surface area (Å²) in [7, 11) is 1.71. The predicted molar refractivity (Wildman–Crippen MR) is 108 cm³/mol. The summed E-state index contributed by atoms with van der Waals surface area (Å²) in [6.45, 7) is 12.5. The van der Waals surface area contributed by atoms with Crippen molar-refractivity contribution in [3.63, 3.8) is 0 Å². The summed E-state index contributed by atoms with van der Waals surface area (Å²) < 4.78 is 11.9. The summed E-state index contributed by atoms with van der Waals surface area (Å²) in [5.74, 6) is 0.686. The number of hydrogen-bond donors (Lipinski definition) is 1. The molecule has 0 amide bonds. The number of rotatable bonds is 6. The van der Waals surface area contributed by atoms with Gasteiger partial charge in [0.25, 0.3) is 0 Å². The molecule has 6 heteroatoms. The molecule has 1 aliphatic rings. The highest BCUT2D eigenvalue weighted by molar-refractivity contribution is 8.79. The Morgan fingerprint density at radius 2 is 1.58 bits per heavy atom. The minimum Gasteiger partial charge on any atom is -0.504 e. The number of para-hydroxylation sites is 2. The lowest BCUT2D eigenvalue weighted by atomic mass is 10.2. The third kappa shape index (κ3) is 5.34. The van der Waals surface area contributed by atoms with Crippen molar-refractivity contribution in [2.45, 2.75) is 38.9 Å². The lowest BCUT2D eigenvalue weighted by Gasteiger charge is -2.36. The molecule has 24 heavy (non-hydrogen) atoms. The van der Waals surface area contributed by atoms with Crippen LogP contribution in [-0.4, -0.2) is 26.6 Å². The van der Waals surface area contributed by atoms with Crippen molar-refractivity contribution in [1.82, 2.24) is 0 Å². The Bertz CT molecular complexity index is 633. The number of phenols is 1. The SMILES string of the molecule is CC(C)(C)[Si](C)(C)OCC1=CC=C(COc2ccccc2O)SS1. The highest BCUT2D eigenvalue weighted by atomic mass is 33.1. The zero-order valence-corrected chi connectivity index (χ0v) is 17.6. The molecule has 3 nitrogen and oxygen atoms in total. The fraction of sp³-hybridized carbons (Fsp3) is 0.444. The van der Waals surface area contributed by atoms with Crippen molar-refractivity contribution < 1.29 is 14.3 Å². The third-order valence-corrected chi connectivity index (χ3v) is 11.4. The Balaban J connectivity index is 1.87. The maximum Gasteiger partial charge on any atom is 0.192 e. The van der Waals surface area contributed by atoms with Crippen molar-refractivity contribution in [2.75, 3.05) is 13.2 Å². The van der Waals surface area contributed by atoms with Gasteiger partial charge in [-0.15, -0.1) is 0 Å². The molecule has 0 fully saturated rings. The van der Waals surface area contributed by atoms with Gasteiger partial charge in [0.1, 0.15) is 6.61 Å². The highest BCUT2D eigenvalue weighted by Crippen LogP contribution is 2.42. The fourth-order valence-electron chi connectivity index (χ4n) is 1.69. The molecule has 0 bridgehead atoms. The molecule has 0 aliphatic carbocycles. The summed E-state index contributed by atoms with van der Waals surface area (Å²) in [4.78, 5) is 2.36. The molecule has 1 aromatic rings. The standard InChI is InChI=1S/C18H26O3S2Si/c1-18(2,3)24(4,5)21-13-15-11-10-14(22-23-15)12-20-17-9-7-6-8-16(17)19/h6-11,19H,12-13H2,1-5H3. The van der Waals surface area contributed by atoms with Gasteiger partial charge in [-0.25, -0.2) is 0 Å². The number of benzene rings is 1. The lowest BCUT2D eigenvalue weighted by Crippen LogP contribution is -2.41. The molecule has 0 saturated heterocycles. The van der Waals surface area contributed by atoms with Crippen LogP contribution in [0.4, 0.5) is 0 Å². The van der Waals surface area contributed by atoms with Gasteiger partial charge in [0, 0.05) is 9.81 Å². The number of aromatic hydroxyl groups is 1. The molecule has 1 heterocycles. The van der Waals surface area contributed by atoms with Gasteiger partial charge < -0.3 is 14.3 Å². The van der Waals surface area contributed by atoms with E-state index in [1.165, 1.54) is 4.91 Å². The monoisotopic (exact) mass is 382 g/mol. The second kappa shape index (κ2) is 8.04. The number of hydrogen-bond acceptors (Lipinski definition) is 5. The predicted octanol–water partition coefficient (Wildman–Crippen LogP) is 5.96. The average molecular weight is 383 g/mol. The van der Waals surface area contributed by atoms with E-state index in [9.17, 15) is 5.11 Å². The first-order valence-corrected chi connectivity index (χ1v) is 13.0. The smallest absolute Gasteiger partial charge is 0.192 e. The zero-order chi connectivity index (χ0) is 17.8. The molecule has 2 rings (SSSR count). The molecule has 0 radical (unpaired) electrons. The molecule has 1 aromatic carbocycles. The van der Waals surface area contributed by atoms with E-state index >= 15 is 0 Å². The van der Waals surface area contributed by atoms with E-state index in [1.807, 2.05) is 6.07 Å². The number of ether oxygens (including phenoxy) is 1. The molecular weight excluding hydrogens is 356 g/mol. The van der Waals surface area contributed by atoms with E-state index in [1.54, 1.807) is 39.8 Å². The van der Waals surface area contributed by atoms with E-state index in [0.717, 1.165) is 4.91 Å². The van der Waals surface area contributed by atoms with Crippen LogP contribution in [0, 0.1) is 0 Å². The topological polar surface area (TPSA) is 38.7 Å². The van der Waals surface area contributed by atoms with Crippen LogP contribution in [0.5, 0.6) is 11.5 Å². The van der Waals surface area contributed by atoms with E-state index in [-0.39, 0.29) is 10.8 Å². The summed E-state index contributed by atoms with van der Waals surface area (Å²) >= 11 is 0. The first-order valence-electron chi connectivity index (χ1n) is 7.98. The van der Waals surface area contributed by atoms with Crippen LogP contribution in [-0.2, 0) is 4.43 Å². The minimum absolute atomic E-state index is 0.172. The zero-order valence-electron chi connectivity index (χ0n) is 15.0. The minimum atomic E-state index is -1.71. The van der Waals surface area contributed by atoms with Crippen LogP contribution >= 0.6 is 21.6 Å². The lowest BCUT2D eigenvalue weighted by molar-refractivity contribution is 0.325. The number of phenolic OH excluding ortho intramolecular Hbond substituents is 1. The molecule has 0 unspecified atom stereocenters. The van der Waals surface area contributed by atoms with Crippen molar-refractivity contribution in [1.29, 1.82) is 0 Å². The second-order valence-corrected chi connectivity index (χ2v) is 14.4. The van der Waals surface area contributed by atoms with Crippen LogP contribution in [0.15, 0.2) is 46.2 Å². The first-order chi connectivity index (χ1) is 11.2. The van der Waals surface area contributed by atoms with Crippen molar-refractivity contribution in [3.8, 4) is 11.5 Å². The molecular formula is C18H26O3S2Si. The third-order valence-electron chi connectivity index (χ3n) is 4.33. The average Bonchev–Trinajstić information content (AvgIpc) is 2.52. The van der Waals surface area contributed by atoms with Crippen LogP contribution in [0.2, 0.25) is 18.1 Å². The Labute approximate surface area is 154 Å². The second-order valence-electron chi connectivity index (χ2n) is 7.24. The van der Waals surface area contributed by atoms with Gasteiger partial charge in [0.15, 0.2) is 19.8 Å². The summed E-state index contributed by atoms with van der Waals surface area (Å²) in [6, 6.07) is 7.03. The molecule has 0 saturated carbocycles. The van der Waals surface area contributed by atoms with E-state index in [4.69, 9.17) is 9.16 Å². The van der Waals surface area contributed by atoms with E-state index in [2.05, 4.69) is 46.0 Å². The molecule has 0 atom stereocenters. The van der Waals surface area contributed by atoms with Crippen LogP contribution in [0.3, 0.4) is 0 Å². The Morgan fingerprint density at radius 1 is 1.00 bits per heavy atom. The first kappa shape index (κ1) is 19.5. The fourth-order valence-corrected chi connectivity index (χ4v) is 4.68. The molecule has 1 aliphatic heterocycles. The van der Waals surface area contributed by atoms with E-state index in [0.29, 0.717) is 19.0 Å². The summed E-state index contributed by atoms with van der Waals surface area (Å²) in [5.41, 5.74) is 0. The largest absolute Gasteiger partial charge is 0.504 e. The summed E-state index contributed by atoms with van der Waals surface area (Å²) in [5, 5.41) is 9.94. The summed E-state index contributed by atoms with van der Waals surface area (Å²) in [6.07, 6.45) is 4.18. The Morgan fingerprint density at radius 3 is 2.12 bits per heavy atom. The molecule has 0 spiro atoms. The van der Waals surface area contributed by atoms with Gasteiger partial charge in [-0.2, -0.15) is 0 Å². The van der Waals surface area contributed by atoms with Crippen molar-refractivity contribution in [2.24, 2.45) is 0 Å². The van der Waals surface area contributed by atoms with E-state index < -0.39 is 8.32 Å². The normalized spacial score (nSPS) is 15.7. The highest BCUT2D eigenvalue weighted by Gasteiger charge is 2.37. The maximum absolute atomic E-state index is 9.71. The van der Waals surface area contributed by atoms with Gasteiger partial charge in [-0.05, 0) is 42.4 Å². The van der Waals surface area contributed by atoms with Crippen LogP contribution in [0.1, 0.15) is 20.8 Å². The quantitative estimate of drug-likeness (QED) is 0.486. The molecule has 1 N–H and O–H groups in total. The maximum atomic E-state index is 9.71. The number of allylic oxidation sites excluding steroid dienone is 2. The van der Waals surface area contributed by atoms with Crippen LogP contribution in [0.25, 0.3) is 0 Å². The van der Waals surface area contributed by atoms with Gasteiger partial charge in [-0.3, -0.25) is 0 Å². The van der Waals surface area contributed by atoms with Crippen molar-refractivity contribution in [3.05, 3.63) is 46.2 Å². The van der Waals surface area contributed by atoms with Gasteiger partial charge >= 0.3 is 0 Å². The Hall–Kier alpha value is -0.823. The molecule has 0 aromatic heterocycles. The van der Waals surface area contributed by atoms with Gasteiger partial charge in [0.05, 0.1) is 6.61 Å². The van der Waals surface area contributed by atoms with Gasteiger partial charge in [0.2, 0.25) is 0 Å². The van der Waals surface area contributed by atoms with Crippen molar-refractivity contribution >= 4 is 29.9 Å².